The van der Waals surface area contributed by atoms with Crippen LogP contribution >= 0.6 is 11.3 Å². The lowest BCUT2D eigenvalue weighted by molar-refractivity contribution is 0.245. The average molecular weight is 301 g/mol. The minimum absolute atomic E-state index is 0.0114. The van der Waals surface area contributed by atoms with Gasteiger partial charge in [0, 0.05) is 13.6 Å². The third kappa shape index (κ3) is 3.47. The maximum Gasteiger partial charge on any atom is 0.178 e. The summed E-state index contributed by atoms with van der Waals surface area (Å²) in [4.78, 5) is 2.56. The molecule has 1 aromatic carbocycles. The number of nitrogen functional groups attached to an aromatic ring is 1. The van der Waals surface area contributed by atoms with Crippen LogP contribution < -0.4 is 15.4 Å². The number of nitrogens with zero attached hydrogens (tertiary/aromatic N) is 2. The molecule has 2 rings (SSSR count). The second kappa shape index (κ2) is 6.51. The summed E-state index contributed by atoms with van der Waals surface area (Å²) in [6.45, 7) is 4.63. The van der Waals surface area contributed by atoms with Crippen molar-refractivity contribution in [3.05, 3.63) is 40.8 Å². The first-order chi connectivity index (χ1) is 10.0. The van der Waals surface area contributed by atoms with Crippen LogP contribution in [0.2, 0.25) is 0 Å². The maximum absolute atomic E-state index is 9.17. The molecule has 0 spiro atoms. The summed E-state index contributed by atoms with van der Waals surface area (Å²) in [5.41, 5.74) is 7.66. The topological polar surface area (TPSA) is 62.3 Å². The molecule has 0 amide bonds. The van der Waals surface area contributed by atoms with Gasteiger partial charge >= 0.3 is 0 Å². The van der Waals surface area contributed by atoms with E-state index in [-0.39, 0.29) is 6.10 Å². The Balaban J connectivity index is 2.31. The van der Waals surface area contributed by atoms with Gasteiger partial charge in [-0.1, -0.05) is 30.3 Å². The monoisotopic (exact) mass is 301 g/mol. The Hall–Kier alpha value is -2.19. The Morgan fingerprint density at radius 1 is 1.33 bits per heavy atom. The molecular weight excluding hydrogens is 282 g/mol. The van der Waals surface area contributed by atoms with Crippen molar-refractivity contribution in [1.82, 2.24) is 0 Å². The molecule has 2 aromatic rings. The minimum Gasteiger partial charge on any atom is -0.486 e. The maximum atomic E-state index is 9.17. The zero-order valence-electron chi connectivity index (χ0n) is 12.5. The van der Waals surface area contributed by atoms with Gasteiger partial charge in [-0.2, -0.15) is 5.26 Å². The van der Waals surface area contributed by atoms with Crippen molar-refractivity contribution >= 4 is 22.0 Å². The van der Waals surface area contributed by atoms with Crippen LogP contribution in [0.3, 0.4) is 0 Å². The van der Waals surface area contributed by atoms with Gasteiger partial charge < -0.3 is 15.4 Å². The van der Waals surface area contributed by atoms with Gasteiger partial charge in [-0.05, 0) is 19.4 Å². The van der Waals surface area contributed by atoms with E-state index in [0.29, 0.717) is 16.3 Å². The molecule has 4 nitrogen and oxygen atoms in total. The van der Waals surface area contributed by atoms with Gasteiger partial charge in [-0.3, -0.25) is 0 Å². The summed E-state index contributed by atoms with van der Waals surface area (Å²) in [6.07, 6.45) is 0.0114. The van der Waals surface area contributed by atoms with Crippen LogP contribution in [0.15, 0.2) is 30.3 Å². The van der Waals surface area contributed by atoms with Crippen molar-refractivity contribution in [2.75, 3.05) is 17.7 Å². The van der Waals surface area contributed by atoms with Crippen molar-refractivity contribution in [3.8, 4) is 11.8 Å². The van der Waals surface area contributed by atoms with Crippen LogP contribution in [0.1, 0.15) is 24.3 Å². The van der Waals surface area contributed by atoms with E-state index >= 15 is 0 Å². The molecule has 110 valence electrons. The first-order valence-electron chi connectivity index (χ1n) is 6.77. The first-order valence-corrected chi connectivity index (χ1v) is 7.58. The molecule has 0 saturated carbocycles. The molecule has 0 aliphatic heterocycles. The summed E-state index contributed by atoms with van der Waals surface area (Å²) in [6, 6.07) is 12.3. The normalized spacial score (nSPS) is 10.4. The molecule has 0 atom stereocenters. The molecule has 2 N–H and O–H groups in total. The smallest absolute Gasteiger partial charge is 0.178 e. The van der Waals surface area contributed by atoms with Gasteiger partial charge in [0.1, 0.15) is 21.6 Å². The number of nitrogens with two attached hydrogens (primary N) is 1. The highest BCUT2D eigenvalue weighted by molar-refractivity contribution is 7.17. The Morgan fingerprint density at radius 2 is 2.00 bits per heavy atom. The molecule has 0 bridgehead atoms. The van der Waals surface area contributed by atoms with E-state index in [2.05, 4.69) is 23.1 Å². The SMILES string of the molecule is CC(C)Oc1c(N(C)Cc2ccccc2)sc(C#N)c1N. The molecule has 0 radical (unpaired) electrons. The Labute approximate surface area is 129 Å². The summed E-state index contributed by atoms with van der Waals surface area (Å²) < 4.78 is 5.81. The van der Waals surface area contributed by atoms with Crippen LogP contribution in [0.25, 0.3) is 0 Å². The third-order valence-corrected chi connectivity index (χ3v) is 4.15. The van der Waals surface area contributed by atoms with Crippen molar-refractivity contribution in [3.63, 3.8) is 0 Å². The minimum atomic E-state index is 0.0114. The lowest BCUT2D eigenvalue weighted by atomic mass is 10.2. The second-order valence-corrected chi connectivity index (χ2v) is 6.10. The molecular formula is C16H19N3OS. The number of benzene rings is 1. The summed E-state index contributed by atoms with van der Waals surface area (Å²) in [7, 11) is 1.98. The first kappa shape index (κ1) is 15.2. The molecule has 5 heteroatoms. The predicted molar refractivity (Wildman–Crippen MR) is 87.8 cm³/mol. The Morgan fingerprint density at radius 3 is 2.57 bits per heavy atom. The number of hydrogen-bond acceptors (Lipinski definition) is 5. The highest BCUT2D eigenvalue weighted by Gasteiger charge is 2.21. The quantitative estimate of drug-likeness (QED) is 0.916. The van der Waals surface area contributed by atoms with Gasteiger partial charge in [0.25, 0.3) is 0 Å². The van der Waals surface area contributed by atoms with E-state index in [9.17, 15) is 0 Å². The fraction of sp³-hybridized carbons (Fsp3) is 0.312. The van der Waals surface area contributed by atoms with Gasteiger partial charge in [0.2, 0.25) is 0 Å². The zero-order valence-corrected chi connectivity index (χ0v) is 13.3. The highest BCUT2D eigenvalue weighted by atomic mass is 32.1. The lowest BCUT2D eigenvalue weighted by Crippen LogP contribution is -2.17. The molecule has 21 heavy (non-hydrogen) atoms. The van der Waals surface area contributed by atoms with Crippen molar-refractivity contribution in [2.45, 2.75) is 26.5 Å². The summed E-state index contributed by atoms with van der Waals surface area (Å²) in [5, 5.41) is 10.1. The Kier molecular flexibility index (Phi) is 4.71. The van der Waals surface area contributed by atoms with Gasteiger partial charge in [0.15, 0.2) is 5.75 Å². The van der Waals surface area contributed by atoms with Gasteiger partial charge in [0.05, 0.1) is 6.10 Å². The van der Waals surface area contributed by atoms with Crippen molar-refractivity contribution < 1.29 is 4.74 Å². The van der Waals surface area contributed by atoms with Crippen molar-refractivity contribution in [2.24, 2.45) is 0 Å². The molecule has 1 aromatic heterocycles. The molecule has 1 heterocycles. The van der Waals surface area contributed by atoms with Crippen LogP contribution in [0.4, 0.5) is 10.7 Å². The number of thiophene rings is 1. The second-order valence-electron chi connectivity index (χ2n) is 5.10. The number of rotatable bonds is 5. The standard InChI is InChI=1S/C16H19N3OS/c1-11(2)20-15-14(18)13(9-17)21-16(15)19(3)10-12-7-5-4-6-8-12/h4-8,11H,10,18H2,1-3H3. The van der Waals surface area contributed by atoms with Crippen molar-refractivity contribution in [1.29, 1.82) is 5.26 Å². The van der Waals surface area contributed by atoms with E-state index in [1.807, 2.05) is 39.1 Å². The van der Waals surface area contributed by atoms with E-state index in [1.54, 1.807) is 0 Å². The predicted octanol–water partition coefficient (Wildman–Crippen LogP) is 3.63. The fourth-order valence-electron chi connectivity index (χ4n) is 2.03. The number of nitriles is 1. The van der Waals surface area contributed by atoms with Crippen LogP contribution in [0.5, 0.6) is 5.75 Å². The lowest BCUT2D eigenvalue weighted by Gasteiger charge is -2.20. The number of ether oxygens (including phenoxy) is 1. The Bertz CT molecular complexity index is 644. The van der Waals surface area contributed by atoms with E-state index in [4.69, 9.17) is 15.7 Å². The largest absolute Gasteiger partial charge is 0.486 e. The van der Waals surface area contributed by atoms with E-state index in [1.165, 1.54) is 16.9 Å². The molecule has 0 saturated heterocycles. The summed E-state index contributed by atoms with van der Waals surface area (Å²) in [5.74, 6) is 0.616. The molecule has 0 fully saturated rings. The highest BCUT2D eigenvalue weighted by Crippen LogP contribution is 2.45. The fourth-order valence-corrected chi connectivity index (χ4v) is 2.94. The van der Waals surface area contributed by atoms with Gasteiger partial charge in [-0.15, -0.1) is 11.3 Å². The van der Waals surface area contributed by atoms with Crippen LogP contribution in [0, 0.1) is 11.3 Å². The van der Waals surface area contributed by atoms with Crippen LogP contribution in [-0.2, 0) is 6.54 Å². The van der Waals surface area contributed by atoms with Crippen LogP contribution in [-0.4, -0.2) is 13.2 Å². The summed E-state index contributed by atoms with van der Waals surface area (Å²) >= 11 is 1.37. The average Bonchev–Trinajstić information content (AvgIpc) is 2.76. The molecule has 0 unspecified atom stereocenters. The molecule has 0 aliphatic carbocycles. The molecule has 0 aliphatic rings. The van der Waals surface area contributed by atoms with E-state index in [0.717, 1.165) is 11.5 Å². The number of anilines is 2. The zero-order chi connectivity index (χ0) is 15.4. The number of hydrogen-bond donors (Lipinski definition) is 1. The van der Waals surface area contributed by atoms with Gasteiger partial charge in [-0.25, -0.2) is 0 Å². The van der Waals surface area contributed by atoms with E-state index < -0.39 is 0 Å². The third-order valence-electron chi connectivity index (χ3n) is 2.95.